The molecule has 128 valence electrons. The first-order valence-corrected chi connectivity index (χ1v) is 9.05. The number of aryl methyl sites for hydroxylation is 2. The Labute approximate surface area is 149 Å². The van der Waals surface area contributed by atoms with Crippen LogP contribution in [0.3, 0.4) is 0 Å². The summed E-state index contributed by atoms with van der Waals surface area (Å²) in [6.07, 6.45) is 5.58. The number of aromatic nitrogens is 5. The van der Waals surface area contributed by atoms with Crippen LogP contribution >= 0.6 is 11.3 Å². The van der Waals surface area contributed by atoms with E-state index in [9.17, 15) is 0 Å². The summed E-state index contributed by atoms with van der Waals surface area (Å²) < 4.78 is 1.84. The smallest absolute Gasteiger partial charge is 0.163 e. The van der Waals surface area contributed by atoms with Gasteiger partial charge in [0.1, 0.15) is 0 Å². The predicted molar refractivity (Wildman–Crippen MR) is 99.5 cm³/mol. The van der Waals surface area contributed by atoms with Crippen LogP contribution in [0.2, 0.25) is 0 Å². The van der Waals surface area contributed by atoms with E-state index in [4.69, 9.17) is 5.84 Å². The highest BCUT2D eigenvalue weighted by atomic mass is 32.1. The van der Waals surface area contributed by atoms with Gasteiger partial charge in [-0.1, -0.05) is 0 Å². The summed E-state index contributed by atoms with van der Waals surface area (Å²) in [7, 11) is 0. The number of nitrogens with two attached hydrogens (primary N) is 1. The third-order valence-corrected chi connectivity index (χ3v) is 4.92. The molecule has 0 aliphatic carbocycles. The number of aromatic amines is 1. The van der Waals surface area contributed by atoms with Crippen LogP contribution in [-0.4, -0.2) is 31.3 Å². The zero-order valence-electron chi connectivity index (χ0n) is 13.9. The van der Waals surface area contributed by atoms with E-state index in [1.807, 2.05) is 41.3 Å². The Morgan fingerprint density at radius 3 is 2.96 bits per heavy atom. The third kappa shape index (κ3) is 3.13. The fraction of sp³-hybridized carbons (Fsp3) is 0.235. The minimum absolute atomic E-state index is 0.714. The fourth-order valence-electron chi connectivity index (χ4n) is 2.81. The maximum atomic E-state index is 6.22. The van der Waals surface area contributed by atoms with Crippen molar-refractivity contribution < 1.29 is 0 Å². The summed E-state index contributed by atoms with van der Waals surface area (Å²) in [5.74, 6) is 6.94. The molecule has 7 nitrogen and oxygen atoms in total. The van der Waals surface area contributed by atoms with Crippen LogP contribution in [0, 0.1) is 6.92 Å². The summed E-state index contributed by atoms with van der Waals surface area (Å²) in [6.45, 7) is 2.74. The third-order valence-electron chi connectivity index (χ3n) is 4.24. The van der Waals surface area contributed by atoms with Crippen LogP contribution < -0.4 is 10.9 Å². The molecular weight excluding hydrogens is 334 g/mol. The molecule has 0 aromatic carbocycles. The zero-order valence-corrected chi connectivity index (χ0v) is 14.7. The molecule has 3 N–H and O–H groups in total. The van der Waals surface area contributed by atoms with Gasteiger partial charge in [0.05, 0.1) is 18.1 Å². The molecule has 0 spiro atoms. The van der Waals surface area contributed by atoms with E-state index in [1.165, 1.54) is 5.56 Å². The van der Waals surface area contributed by atoms with Gasteiger partial charge in [0.15, 0.2) is 11.5 Å². The number of nitrogens with one attached hydrogen (secondary N) is 1. The van der Waals surface area contributed by atoms with Crippen LogP contribution in [-0.2, 0) is 6.42 Å². The quantitative estimate of drug-likeness (QED) is 0.411. The minimum Gasteiger partial charge on any atom is -0.293 e. The minimum atomic E-state index is 0.714. The second-order valence-corrected chi connectivity index (χ2v) is 6.71. The van der Waals surface area contributed by atoms with E-state index in [2.05, 4.69) is 31.7 Å². The molecule has 0 amide bonds. The number of hydrogen-bond donors (Lipinski definition) is 2. The van der Waals surface area contributed by atoms with Crippen molar-refractivity contribution in [2.45, 2.75) is 19.8 Å². The number of hydrogen-bond acceptors (Lipinski definition) is 6. The largest absolute Gasteiger partial charge is 0.293 e. The first-order chi connectivity index (χ1) is 12.2. The number of anilines is 1. The summed E-state index contributed by atoms with van der Waals surface area (Å²) >= 11 is 1.66. The van der Waals surface area contributed by atoms with Gasteiger partial charge in [0, 0.05) is 23.2 Å². The summed E-state index contributed by atoms with van der Waals surface area (Å²) in [4.78, 5) is 4.42. The van der Waals surface area contributed by atoms with E-state index < -0.39 is 0 Å². The van der Waals surface area contributed by atoms with E-state index >= 15 is 0 Å². The Kier molecular flexibility index (Phi) is 4.21. The van der Waals surface area contributed by atoms with Gasteiger partial charge in [-0.05, 0) is 48.9 Å². The van der Waals surface area contributed by atoms with E-state index in [0.29, 0.717) is 6.54 Å². The summed E-state index contributed by atoms with van der Waals surface area (Å²) in [6, 6.07) is 5.91. The normalized spacial score (nSPS) is 11.3. The van der Waals surface area contributed by atoms with Crippen molar-refractivity contribution in [1.29, 1.82) is 0 Å². The zero-order chi connectivity index (χ0) is 17.2. The molecule has 0 saturated carbocycles. The number of H-pyrrole nitrogens is 1. The van der Waals surface area contributed by atoms with Crippen molar-refractivity contribution >= 4 is 22.8 Å². The molecule has 25 heavy (non-hydrogen) atoms. The second-order valence-electron chi connectivity index (χ2n) is 5.93. The van der Waals surface area contributed by atoms with Gasteiger partial charge in [-0.15, -0.1) is 5.10 Å². The Hall–Kier alpha value is -2.71. The number of hydrazine groups is 1. The highest BCUT2D eigenvalue weighted by Gasteiger charge is 2.11. The molecule has 4 aromatic heterocycles. The highest BCUT2D eigenvalue weighted by Crippen LogP contribution is 2.23. The van der Waals surface area contributed by atoms with E-state index in [0.717, 1.165) is 41.3 Å². The average molecular weight is 353 g/mol. The molecule has 8 heteroatoms. The maximum Gasteiger partial charge on any atom is 0.163 e. The molecular formula is C17H19N7S. The summed E-state index contributed by atoms with van der Waals surface area (Å²) in [5, 5.41) is 17.5. The Morgan fingerprint density at radius 1 is 1.28 bits per heavy atom. The standard InChI is InChI=1S/C17H19N7S/c1-12-13(9-20-21-12)3-2-7-23(18)17-5-4-16-19-10-15(24(16)22-17)14-6-8-25-11-14/h4-6,8-11H,2-3,7,18H2,1H3,(H,20,21). The molecule has 4 rings (SSSR count). The second kappa shape index (κ2) is 6.66. The van der Waals surface area contributed by atoms with E-state index in [-0.39, 0.29) is 0 Å². The monoisotopic (exact) mass is 353 g/mol. The van der Waals surface area contributed by atoms with Gasteiger partial charge in [-0.25, -0.2) is 15.3 Å². The van der Waals surface area contributed by atoms with Gasteiger partial charge in [-0.3, -0.25) is 10.1 Å². The van der Waals surface area contributed by atoms with Gasteiger partial charge in [0.2, 0.25) is 0 Å². The summed E-state index contributed by atoms with van der Waals surface area (Å²) in [5.41, 5.74) is 5.24. The highest BCUT2D eigenvalue weighted by molar-refractivity contribution is 7.08. The van der Waals surface area contributed by atoms with Gasteiger partial charge >= 0.3 is 0 Å². The molecule has 4 heterocycles. The van der Waals surface area contributed by atoms with E-state index in [1.54, 1.807) is 16.3 Å². The first-order valence-electron chi connectivity index (χ1n) is 8.11. The Bertz CT molecular complexity index is 970. The van der Waals surface area contributed by atoms with Crippen LogP contribution in [0.5, 0.6) is 0 Å². The molecule has 4 aromatic rings. The maximum absolute atomic E-state index is 6.22. The van der Waals surface area contributed by atoms with Crippen molar-refractivity contribution in [3.8, 4) is 11.3 Å². The van der Waals surface area contributed by atoms with Crippen LogP contribution in [0.25, 0.3) is 16.9 Å². The molecule has 0 unspecified atom stereocenters. The number of imidazole rings is 1. The molecule has 0 aliphatic rings. The van der Waals surface area contributed by atoms with Crippen molar-refractivity contribution in [2.75, 3.05) is 11.6 Å². The molecule has 0 atom stereocenters. The SMILES string of the molecule is Cc1[nH]ncc1CCCN(N)c1ccc2ncc(-c3ccsc3)n2n1. The fourth-order valence-corrected chi connectivity index (χ4v) is 3.46. The van der Waals surface area contributed by atoms with Crippen molar-refractivity contribution in [3.05, 3.63) is 52.6 Å². The Morgan fingerprint density at radius 2 is 2.20 bits per heavy atom. The van der Waals surface area contributed by atoms with Gasteiger partial charge in [-0.2, -0.15) is 16.4 Å². The topological polar surface area (TPSA) is 88.1 Å². The average Bonchev–Trinajstić information content (AvgIpc) is 3.34. The Balaban J connectivity index is 1.50. The molecule has 0 saturated heterocycles. The van der Waals surface area contributed by atoms with Crippen LogP contribution in [0.1, 0.15) is 17.7 Å². The van der Waals surface area contributed by atoms with Crippen LogP contribution in [0.15, 0.2) is 41.4 Å². The van der Waals surface area contributed by atoms with Gasteiger partial charge in [0.25, 0.3) is 0 Å². The lowest BCUT2D eigenvalue weighted by Gasteiger charge is -2.17. The lowest BCUT2D eigenvalue weighted by Crippen LogP contribution is -2.33. The molecule has 0 radical (unpaired) electrons. The molecule has 0 aliphatic heterocycles. The number of thiophene rings is 1. The van der Waals surface area contributed by atoms with Crippen molar-refractivity contribution in [3.63, 3.8) is 0 Å². The number of nitrogens with zero attached hydrogens (tertiary/aromatic N) is 5. The lowest BCUT2D eigenvalue weighted by molar-refractivity contribution is 0.731. The first kappa shape index (κ1) is 15.8. The molecule has 0 bridgehead atoms. The predicted octanol–water partition coefficient (Wildman–Crippen LogP) is 2.80. The van der Waals surface area contributed by atoms with Gasteiger partial charge < -0.3 is 0 Å². The molecule has 0 fully saturated rings. The lowest BCUT2D eigenvalue weighted by atomic mass is 10.1. The number of fused-ring (bicyclic) bond motifs is 1. The van der Waals surface area contributed by atoms with Crippen molar-refractivity contribution in [2.24, 2.45) is 5.84 Å². The van der Waals surface area contributed by atoms with Crippen LogP contribution in [0.4, 0.5) is 5.82 Å². The van der Waals surface area contributed by atoms with Crippen molar-refractivity contribution in [1.82, 2.24) is 24.8 Å². The number of rotatable bonds is 6.